The molecule has 1 aromatic heterocycles. The SMILES string of the molecule is c1csc(/N=N/c2ccc3c(c2)CCCN3)n1. The first-order valence-corrected chi connectivity index (χ1v) is 6.48. The average molecular weight is 244 g/mol. The number of thiazole rings is 1. The first-order chi connectivity index (χ1) is 8.42. The number of benzene rings is 1. The van der Waals surface area contributed by atoms with E-state index in [1.165, 1.54) is 29.0 Å². The lowest BCUT2D eigenvalue weighted by atomic mass is 10.0. The number of aryl methyl sites for hydroxylation is 1. The van der Waals surface area contributed by atoms with Crippen LogP contribution < -0.4 is 5.32 Å². The maximum Gasteiger partial charge on any atom is 0.229 e. The maximum absolute atomic E-state index is 4.20. The molecule has 0 unspecified atom stereocenters. The second-order valence-electron chi connectivity index (χ2n) is 3.89. The molecule has 0 radical (unpaired) electrons. The third-order valence-corrected chi connectivity index (χ3v) is 3.35. The van der Waals surface area contributed by atoms with E-state index in [0.29, 0.717) is 5.13 Å². The summed E-state index contributed by atoms with van der Waals surface area (Å²) >= 11 is 1.49. The van der Waals surface area contributed by atoms with Crippen molar-refractivity contribution in [2.45, 2.75) is 12.8 Å². The molecular formula is C12H12N4S. The lowest BCUT2D eigenvalue weighted by Gasteiger charge is -2.17. The number of fused-ring (bicyclic) bond motifs is 1. The number of azo groups is 1. The van der Waals surface area contributed by atoms with Crippen LogP contribution in [0.15, 0.2) is 40.0 Å². The van der Waals surface area contributed by atoms with Gasteiger partial charge in [0.2, 0.25) is 5.13 Å². The zero-order valence-electron chi connectivity index (χ0n) is 9.26. The number of hydrogen-bond acceptors (Lipinski definition) is 5. The van der Waals surface area contributed by atoms with E-state index >= 15 is 0 Å². The van der Waals surface area contributed by atoms with Gasteiger partial charge < -0.3 is 5.32 Å². The minimum absolute atomic E-state index is 0.695. The van der Waals surface area contributed by atoms with Crippen molar-refractivity contribution in [1.82, 2.24) is 4.98 Å². The minimum Gasteiger partial charge on any atom is -0.385 e. The van der Waals surface area contributed by atoms with Gasteiger partial charge in [-0.2, -0.15) is 0 Å². The van der Waals surface area contributed by atoms with Gasteiger partial charge in [-0.3, -0.25) is 0 Å². The van der Waals surface area contributed by atoms with E-state index in [2.05, 4.69) is 32.7 Å². The Morgan fingerprint density at radius 1 is 1.29 bits per heavy atom. The molecule has 5 heteroatoms. The summed E-state index contributed by atoms with van der Waals surface area (Å²) in [5.74, 6) is 0. The first-order valence-electron chi connectivity index (χ1n) is 5.60. The van der Waals surface area contributed by atoms with Gasteiger partial charge in [-0.1, -0.05) is 0 Å². The topological polar surface area (TPSA) is 49.6 Å². The molecule has 2 heterocycles. The number of rotatable bonds is 2. The summed E-state index contributed by atoms with van der Waals surface area (Å²) in [6.45, 7) is 1.06. The van der Waals surface area contributed by atoms with E-state index in [1.54, 1.807) is 6.20 Å². The van der Waals surface area contributed by atoms with Gasteiger partial charge in [0.15, 0.2) is 0 Å². The summed E-state index contributed by atoms with van der Waals surface area (Å²) in [6.07, 6.45) is 4.03. The fourth-order valence-electron chi connectivity index (χ4n) is 1.89. The van der Waals surface area contributed by atoms with Crippen molar-refractivity contribution >= 4 is 27.8 Å². The van der Waals surface area contributed by atoms with Crippen molar-refractivity contribution in [2.75, 3.05) is 11.9 Å². The highest BCUT2D eigenvalue weighted by Gasteiger charge is 2.08. The van der Waals surface area contributed by atoms with Crippen LogP contribution in [0, 0.1) is 0 Å². The average Bonchev–Trinajstić information content (AvgIpc) is 2.89. The Hall–Kier alpha value is -1.75. The van der Waals surface area contributed by atoms with Gasteiger partial charge in [-0.15, -0.1) is 21.6 Å². The van der Waals surface area contributed by atoms with Crippen LogP contribution in [0.4, 0.5) is 16.5 Å². The van der Waals surface area contributed by atoms with Crippen molar-refractivity contribution in [1.29, 1.82) is 0 Å². The number of nitrogens with one attached hydrogen (secondary N) is 1. The fraction of sp³-hybridized carbons (Fsp3) is 0.250. The minimum atomic E-state index is 0.695. The van der Waals surface area contributed by atoms with E-state index in [1.807, 2.05) is 11.4 Å². The zero-order chi connectivity index (χ0) is 11.5. The molecule has 1 aliphatic heterocycles. The van der Waals surface area contributed by atoms with E-state index in [-0.39, 0.29) is 0 Å². The Morgan fingerprint density at radius 2 is 2.29 bits per heavy atom. The van der Waals surface area contributed by atoms with Gasteiger partial charge in [-0.05, 0) is 36.6 Å². The van der Waals surface area contributed by atoms with Crippen LogP contribution in [0.1, 0.15) is 12.0 Å². The lowest BCUT2D eigenvalue weighted by Crippen LogP contribution is -2.10. The molecular weight excluding hydrogens is 232 g/mol. The van der Waals surface area contributed by atoms with E-state index < -0.39 is 0 Å². The summed E-state index contributed by atoms with van der Waals surface area (Å²) in [6, 6.07) is 6.15. The maximum atomic E-state index is 4.20. The molecule has 17 heavy (non-hydrogen) atoms. The monoisotopic (exact) mass is 244 g/mol. The highest BCUT2D eigenvalue weighted by atomic mass is 32.1. The van der Waals surface area contributed by atoms with Crippen LogP contribution in [0.5, 0.6) is 0 Å². The number of anilines is 1. The molecule has 0 atom stereocenters. The Kier molecular flexibility index (Phi) is 2.83. The first kappa shape index (κ1) is 10.4. The molecule has 0 amide bonds. The molecule has 0 spiro atoms. The van der Waals surface area contributed by atoms with Gasteiger partial charge in [0, 0.05) is 23.8 Å². The van der Waals surface area contributed by atoms with Crippen LogP contribution in [-0.4, -0.2) is 11.5 Å². The molecule has 3 rings (SSSR count). The normalized spacial score (nSPS) is 14.6. The van der Waals surface area contributed by atoms with Gasteiger partial charge in [-0.25, -0.2) is 4.98 Å². The van der Waals surface area contributed by atoms with Crippen molar-refractivity contribution in [3.63, 3.8) is 0 Å². The zero-order valence-corrected chi connectivity index (χ0v) is 10.1. The second kappa shape index (κ2) is 4.63. The van der Waals surface area contributed by atoms with E-state index in [4.69, 9.17) is 0 Å². The summed E-state index contributed by atoms with van der Waals surface area (Å²) < 4.78 is 0. The standard InChI is InChI=1S/C12H12N4S/c1-2-9-8-10(3-4-11(9)13-5-1)15-16-12-14-6-7-17-12/h3-4,6-8,13H,1-2,5H2/b16-15+. The van der Waals surface area contributed by atoms with E-state index in [9.17, 15) is 0 Å². The molecule has 0 saturated carbocycles. The van der Waals surface area contributed by atoms with Gasteiger partial charge >= 0.3 is 0 Å². The molecule has 0 fully saturated rings. The summed E-state index contributed by atoms with van der Waals surface area (Å²) in [7, 11) is 0. The Balaban J connectivity index is 1.84. The van der Waals surface area contributed by atoms with Crippen molar-refractivity contribution in [3.05, 3.63) is 35.3 Å². The second-order valence-corrected chi connectivity index (χ2v) is 4.76. The molecule has 1 aliphatic rings. The predicted octanol–water partition coefficient (Wildman–Crippen LogP) is 3.92. The molecule has 0 aliphatic carbocycles. The Bertz CT molecular complexity index is 533. The molecule has 1 aromatic carbocycles. The Labute approximate surface area is 103 Å². The van der Waals surface area contributed by atoms with Crippen molar-refractivity contribution < 1.29 is 0 Å². The molecule has 0 bridgehead atoms. The molecule has 1 N–H and O–H groups in total. The highest BCUT2D eigenvalue weighted by Crippen LogP contribution is 2.27. The fourth-order valence-corrected chi connectivity index (χ4v) is 2.34. The van der Waals surface area contributed by atoms with Crippen LogP contribution in [0.3, 0.4) is 0 Å². The third kappa shape index (κ3) is 2.34. The number of nitrogens with zero attached hydrogens (tertiary/aromatic N) is 3. The Morgan fingerprint density at radius 3 is 3.18 bits per heavy atom. The number of aromatic nitrogens is 1. The van der Waals surface area contributed by atoms with Crippen molar-refractivity contribution in [3.8, 4) is 0 Å². The predicted molar refractivity (Wildman–Crippen MR) is 69.5 cm³/mol. The van der Waals surface area contributed by atoms with Crippen LogP contribution in [0.2, 0.25) is 0 Å². The van der Waals surface area contributed by atoms with Gasteiger partial charge in [0.1, 0.15) is 0 Å². The van der Waals surface area contributed by atoms with Crippen LogP contribution in [-0.2, 0) is 6.42 Å². The van der Waals surface area contributed by atoms with Crippen LogP contribution in [0.25, 0.3) is 0 Å². The van der Waals surface area contributed by atoms with Gasteiger partial charge in [0.25, 0.3) is 0 Å². The third-order valence-electron chi connectivity index (χ3n) is 2.70. The highest BCUT2D eigenvalue weighted by molar-refractivity contribution is 7.13. The summed E-state index contributed by atoms with van der Waals surface area (Å²) in [4.78, 5) is 4.06. The van der Waals surface area contributed by atoms with Gasteiger partial charge in [0.05, 0.1) is 5.69 Å². The summed E-state index contributed by atoms with van der Waals surface area (Å²) in [5.41, 5.74) is 3.44. The number of hydrogen-bond donors (Lipinski definition) is 1. The van der Waals surface area contributed by atoms with E-state index in [0.717, 1.165) is 18.7 Å². The molecule has 86 valence electrons. The molecule has 2 aromatic rings. The summed E-state index contributed by atoms with van der Waals surface area (Å²) in [5, 5.41) is 14.3. The largest absolute Gasteiger partial charge is 0.385 e. The van der Waals surface area contributed by atoms with Crippen LogP contribution >= 0.6 is 11.3 Å². The lowest BCUT2D eigenvalue weighted by molar-refractivity contribution is 0.830. The molecule has 0 saturated heterocycles. The smallest absolute Gasteiger partial charge is 0.229 e. The quantitative estimate of drug-likeness (QED) is 0.814. The molecule has 4 nitrogen and oxygen atoms in total. The van der Waals surface area contributed by atoms with Crippen molar-refractivity contribution in [2.24, 2.45) is 10.2 Å².